The van der Waals surface area contributed by atoms with Crippen LogP contribution in [0.4, 0.5) is 0 Å². The molecule has 0 aliphatic carbocycles. The Morgan fingerprint density at radius 3 is 3.00 bits per heavy atom. The van der Waals surface area contributed by atoms with E-state index in [0.717, 1.165) is 13.0 Å². The molecule has 1 aliphatic heterocycles. The van der Waals surface area contributed by atoms with E-state index >= 15 is 0 Å². The highest BCUT2D eigenvalue weighted by molar-refractivity contribution is 5.91. The fourth-order valence-electron chi connectivity index (χ4n) is 1.69. The van der Waals surface area contributed by atoms with Gasteiger partial charge in [-0.3, -0.25) is 4.79 Å². The molecule has 0 radical (unpaired) electrons. The third-order valence-electron chi connectivity index (χ3n) is 2.67. The van der Waals surface area contributed by atoms with Crippen LogP contribution in [-0.4, -0.2) is 56.7 Å². The van der Waals surface area contributed by atoms with Crippen molar-refractivity contribution < 1.29 is 9.53 Å². The topological polar surface area (TPSA) is 92.0 Å². The van der Waals surface area contributed by atoms with Crippen molar-refractivity contribution in [2.24, 2.45) is 10.7 Å². The molecule has 0 aromatic carbocycles. The Bertz CT molecular complexity index is 367. The smallest absolute Gasteiger partial charge is 0.244 e. The maximum Gasteiger partial charge on any atom is 0.244 e. The third kappa shape index (κ3) is 4.78. The number of guanidine groups is 1. The van der Waals surface area contributed by atoms with Crippen LogP contribution in [0.25, 0.3) is 0 Å². The number of carbonyl (C=O) groups excluding carboxylic acids is 1. The van der Waals surface area contributed by atoms with E-state index in [1.54, 1.807) is 13.2 Å². The van der Waals surface area contributed by atoms with Crippen molar-refractivity contribution in [2.45, 2.75) is 19.4 Å². The molecule has 1 rings (SSSR count). The van der Waals surface area contributed by atoms with E-state index in [1.807, 2.05) is 11.9 Å². The lowest BCUT2D eigenvalue weighted by Gasteiger charge is -2.28. The van der Waals surface area contributed by atoms with Gasteiger partial charge in [0.2, 0.25) is 11.9 Å². The van der Waals surface area contributed by atoms with E-state index in [1.165, 1.54) is 0 Å². The summed E-state index contributed by atoms with van der Waals surface area (Å²) in [6, 6.07) is -0.545. The zero-order valence-electron chi connectivity index (χ0n) is 11.8. The van der Waals surface area contributed by atoms with Crippen LogP contribution in [0, 0.1) is 0 Å². The van der Waals surface area contributed by atoms with Gasteiger partial charge in [0.1, 0.15) is 11.9 Å². The molecule has 1 heterocycles. The predicted molar refractivity (Wildman–Crippen MR) is 74.4 cm³/mol. The number of nitrogens with one attached hydrogen (secondary N) is 2. The van der Waals surface area contributed by atoms with Crippen LogP contribution in [-0.2, 0) is 9.53 Å². The number of nitrogens with zero attached hydrogens (tertiary/aromatic N) is 2. The Balaban J connectivity index is 2.75. The molecule has 0 aromatic rings. The van der Waals surface area contributed by atoms with Gasteiger partial charge in [-0.15, -0.1) is 0 Å². The minimum absolute atomic E-state index is 0.427. The minimum Gasteiger partial charge on any atom is -0.383 e. The zero-order chi connectivity index (χ0) is 14.3. The van der Waals surface area contributed by atoms with E-state index in [2.05, 4.69) is 22.5 Å². The summed E-state index contributed by atoms with van der Waals surface area (Å²) in [4.78, 5) is 17.7. The lowest BCUT2D eigenvalue weighted by atomic mass is 10.2. The van der Waals surface area contributed by atoms with Gasteiger partial charge >= 0.3 is 0 Å². The summed E-state index contributed by atoms with van der Waals surface area (Å²) >= 11 is 0. The molecule has 108 valence electrons. The number of methoxy groups -OCH3 is 1. The lowest BCUT2D eigenvalue weighted by molar-refractivity contribution is -0.118. The third-order valence-corrected chi connectivity index (χ3v) is 2.67. The molecule has 0 bridgehead atoms. The first-order valence-electron chi connectivity index (χ1n) is 6.38. The first-order chi connectivity index (χ1) is 9.08. The van der Waals surface area contributed by atoms with E-state index in [9.17, 15) is 4.79 Å². The largest absolute Gasteiger partial charge is 0.383 e. The summed E-state index contributed by atoms with van der Waals surface area (Å²) in [5, 5.41) is 6.12. The second kappa shape index (κ2) is 7.63. The van der Waals surface area contributed by atoms with Gasteiger partial charge in [-0.2, -0.15) is 4.99 Å². The highest BCUT2D eigenvalue weighted by Crippen LogP contribution is 2.05. The summed E-state index contributed by atoms with van der Waals surface area (Å²) in [7, 11) is 3.56. The summed E-state index contributed by atoms with van der Waals surface area (Å²) in [5.74, 6) is 0.856. The van der Waals surface area contributed by atoms with Gasteiger partial charge in [0.05, 0.1) is 6.61 Å². The SMILES string of the molecule is CCCN(C)C1=NC(NCCOC)=CC(C(N)=O)N1. The lowest BCUT2D eigenvalue weighted by Crippen LogP contribution is -2.51. The van der Waals surface area contributed by atoms with Crippen LogP contribution in [0.3, 0.4) is 0 Å². The molecule has 1 amide bonds. The van der Waals surface area contributed by atoms with Crippen molar-refractivity contribution >= 4 is 11.9 Å². The molecular weight excluding hydrogens is 246 g/mol. The van der Waals surface area contributed by atoms with Gasteiger partial charge < -0.3 is 26.0 Å². The molecule has 0 aromatic heterocycles. The number of nitrogens with two attached hydrogens (primary N) is 1. The molecule has 0 saturated carbocycles. The van der Waals surface area contributed by atoms with Crippen molar-refractivity contribution in [3.05, 3.63) is 11.9 Å². The van der Waals surface area contributed by atoms with Crippen molar-refractivity contribution in [3.63, 3.8) is 0 Å². The molecular formula is C12H23N5O2. The summed E-state index contributed by atoms with van der Waals surface area (Å²) in [6.07, 6.45) is 2.68. The second-order valence-electron chi connectivity index (χ2n) is 4.35. The van der Waals surface area contributed by atoms with Crippen molar-refractivity contribution in [3.8, 4) is 0 Å². The summed E-state index contributed by atoms with van der Waals surface area (Å²) in [5.41, 5.74) is 5.35. The number of hydrogen-bond acceptors (Lipinski definition) is 6. The Kier molecular flexibility index (Phi) is 6.14. The summed E-state index contributed by atoms with van der Waals surface area (Å²) < 4.78 is 4.96. The first kappa shape index (κ1) is 15.3. The Hall–Kier alpha value is -1.76. The molecule has 7 heteroatoms. The van der Waals surface area contributed by atoms with Crippen LogP contribution in [0.1, 0.15) is 13.3 Å². The van der Waals surface area contributed by atoms with Gasteiger partial charge in [-0.1, -0.05) is 6.92 Å². The Morgan fingerprint density at radius 2 is 2.42 bits per heavy atom. The fraction of sp³-hybridized carbons (Fsp3) is 0.667. The monoisotopic (exact) mass is 269 g/mol. The van der Waals surface area contributed by atoms with Crippen LogP contribution in [0.2, 0.25) is 0 Å². The average molecular weight is 269 g/mol. The number of aliphatic imine (C=N–C) groups is 1. The van der Waals surface area contributed by atoms with Crippen LogP contribution >= 0.6 is 0 Å². The quantitative estimate of drug-likeness (QED) is 0.527. The number of ether oxygens (including phenoxy) is 1. The zero-order valence-corrected chi connectivity index (χ0v) is 11.8. The van der Waals surface area contributed by atoms with Gasteiger partial charge in [-0.05, 0) is 12.5 Å². The molecule has 19 heavy (non-hydrogen) atoms. The van der Waals surface area contributed by atoms with Gasteiger partial charge in [0.15, 0.2) is 0 Å². The van der Waals surface area contributed by atoms with E-state index in [-0.39, 0.29) is 0 Å². The van der Waals surface area contributed by atoms with Crippen molar-refractivity contribution in [1.82, 2.24) is 15.5 Å². The highest BCUT2D eigenvalue weighted by Gasteiger charge is 2.21. The molecule has 1 atom stereocenters. The van der Waals surface area contributed by atoms with Crippen molar-refractivity contribution in [1.29, 1.82) is 0 Å². The number of carbonyl (C=O) groups is 1. The maximum absolute atomic E-state index is 11.3. The standard InChI is InChI=1S/C12H23N5O2/c1-4-6-17(2)12-15-9(11(13)18)8-10(16-12)14-5-7-19-3/h8-9,14H,4-7H2,1-3H3,(H2,13,18)(H,15,16). The van der Waals surface area contributed by atoms with Gasteiger partial charge in [-0.25, -0.2) is 0 Å². The second-order valence-corrected chi connectivity index (χ2v) is 4.35. The number of primary amides is 1. The fourth-order valence-corrected chi connectivity index (χ4v) is 1.69. The van der Waals surface area contributed by atoms with Crippen LogP contribution < -0.4 is 16.4 Å². The minimum atomic E-state index is -0.545. The van der Waals surface area contributed by atoms with E-state index in [4.69, 9.17) is 10.5 Å². The molecule has 1 aliphatic rings. The molecule has 7 nitrogen and oxygen atoms in total. The maximum atomic E-state index is 11.3. The molecule has 1 unspecified atom stereocenters. The normalized spacial score (nSPS) is 18.2. The van der Waals surface area contributed by atoms with Crippen molar-refractivity contribution in [2.75, 3.05) is 33.9 Å². The van der Waals surface area contributed by atoms with Gasteiger partial charge in [0.25, 0.3) is 0 Å². The molecule has 0 fully saturated rings. The van der Waals surface area contributed by atoms with Crippen LogP contribution in [0.15, 0.2) is 16.9 Å². The first-order valence-corrected chi connectivity index (χ1v) is 6.38. The molecule has 0 saturated heterocycles. The number of rotatable bonds is 7. The molecule has 4 N–H and O–H groups in total. The number of hydrogen-bond donors (Lipinski definition) is 3. The Labute approximate surface area is 113 Å². The van der Waals surface area contributed by atoms with Gasteiger partial charge in [0, 0.05) is 27.2 Å². The molecule has 0 spiro atoms. The number of amides is 1. The van der Waals surface area contributed by atoms with Crippen LogP contribution in [0.5, 0.6) is 0 Å². The average Bonchev–Trinajstić information content (AvgIpc) is 2.39. The predicted octanol–water partition coefficient (Wildman–Crippen LogP) is -0.781. The summed E-state index contributed by atoms with van der Waals surface area (Å²) in [6.45, 7) is 4.13. The highest BCUT2D eigenvalue weighted by atomic mass is 16.5. The van der Waals surface area contributed by atoms with E-state index in [0.29, 0.717) is 24.9 Å². The van der Waals surface area contributed by atoms with E-state index < -0.39 is 11.9 Å². The Morgan fingerprint density at radius 1 is 1.68 bits per heavy atom.